The van der Waals surface area contributed by atoms with E-state index in [1.54, 1.807) is 0 Å². The largest absolute Gasteiger partial charge is 0.244 e. The van der Waals surface area contributed by atoms with E-state index in [4.69, 9.17) is 0 Å². The van der Waals surface area contributed by atoms with E-state index in [9.17, 15) is 0 Å². The molecular formula is C8H11IN2. The van der Waals surface area contributed by atoms with Gasteiger partial charge in [-0.25, -0.2) is 9.98 Å². The number of nitrogens with zero attached hydrogens (tertiary/aromatic N) is 2. The van der Waals surface area contributed by atoms with Gasteiger partial charge in [0.05, 0.1) is 7.05 Å². The lowest BCUT2D eigenvalue weighted by atomic mass is 10.1. The molecule has 0 aliphatic carbocycles. The molecular weight excluding hydrogens is 251 g/mol. The number of hydrogen-bond donors (Lipinski definition) is 0. The summed E-state index contributed by atoms with van der Waals surface area (Å²) in [5, 5.41) is 0. The first-order valence-corrected chi connectivity index (χ1v) is 5.95. The van der Waals surface area contributed by atoms with Gasteiger partial charge in [-0.3, -0.25) is 0 Å². The Hall–Kier alpha value is -0.0600. The van der Waals surface area contributed by atoms with Crippen molar-refractivity contribution in [1.29, 1.82) is 0 Å². The van der Waals surface area contributed by atoms with Gasteiger partial charge < -0.3 is 0 Å². The van der Waals surface area contributed by atoms with E-state index >= 15 is 0 Å². The predicted octanol–water partition coefficient (Wildman–Crippen LogP) is 2.00. The van der Waals surface area contributed by atoms with Crippen LogP contribution >= 0.6 is 20.7 Å². The number of hydrogen-bond acceptors (Lipinski definition) is 2. The molecule has 0 bridgehead atoms. The van der Waals surface area contributed by atoms with Gasteiger partial charge in [0.25, 0.3) is 0 Å². The Bertz CT molecular complexity index is 288. The maximum Gasteiger partial charge on any atom is 0.131 e. The molecule has 0 N–H and O–H groups in total. The summed E-state index contributed by atoms with van der Waals surface area (Å²) < 4.78 is 1.78. The Morgan fingerprint density at radius 3 is 2.82 bits per heavy atom. The lowest BCUT2D eigenvalue weighted by molar-refractivity contribution is 0.872. The molecule has 2 aliphatic heterocycles. The van der Waals surface area contributed by atoms with Crippen LogP contribution in [0.1, 0.15) is 20.8 Å². The SMILES string of the molecule is CC(C)C1=NC2=I[C@@]2(C)C=N1. The van der Waals surface area contributed by atoms with Crippen LogP contribution in [0.3, 0.4) is 0 Å². The molecule has 0 radical (unpaired) electrons. The van der Waals surface area contributed by atoms with Gasteiger partial charge in [0, 0.05) is 12.1 Å². The molecule has 0 saturated heterocycles. The Morgan fingerprint density at radius 2 is 2.27 bits per heavy atom. The highest BCUT2D eigenvalue weighted by atomic mass is 127. The van der Waals surface area contributed by atoms with Crippen LogP contribution in [0.15, 0.2) is 9.98 Å². The van der Waals surface area contributed by atoms with E-state index < -0.39 is 0 Å². The van der Waals surface area contributed by atoms with E-state index in [0.717, 1.165) is 5.84 Å². The van der Waals surface area contributed by atoms with Gasteiger partial charge in [-0.1, -0.05) is 34.6 Å². The summed E-state index contributed by atoms with van der Waals surface area (Å²) in [6.45, 7) is 6.51. The topological polar surface area (TPSA) is 24.7 Å². The number of alkyl halides is 1. The number of rotatable bonds is 1. The van der Waals surface area contributed by atoms with Gasteiger partial charge in [-0.2, -0.15) is 0 Å². The lowest BCUT2D eigenvalue weighted by Gasteiger charge is -2.10. The Labute approximate surface area is 76.6 Å². The van der Waals surface area contributed by atoms with Crippen molar-refractivity contribution in [2.75, 3.05) is 0 Å². The molecule has 0 spiro atoms. The summed E-state index contributed by atoms with van der Waals surface area (Å²) in [4.78, 5) is 8.87. The maximum absolute atomic E-state index is 4.51. The van der Waals surface area contributed by atoms with Crippen molar-refractivity contribution in [2.24, 2.45) is 15.9 Å². The molecule has 1 atom stereocenters. The van der Waals surface area contributed by atoms with Crippen LogP contribution < -0.4 is 0 Å². The highest BCUT2D eigenvalue weighted by molar-refractivity contribution is 14.2. The first-order valence-electron chi connectivity index (χ1n) is 3.79. The predicted molar refractivity (Wildman–Crippen MR) is 58.2 cm³/mol. The fourth-order valence-electron chi connectivity index (χ4n) is 0.965. The maximum atomic E-state index is 4.51. The Kier molecular flexibility index (Phi) is 1.53. The summed E-state index contributed by atoms with van der Waals surface area (Å²) in [5.74, 6) is 1.50. The average Bonchev–Trinajstić information content (AvgIpc) is 2.58. The molecule has 0 amide bonds. The standard InChI is InChI=1S/C8H11IN2/c1-5(2)6-10-4-8(3)7(9-8)11-6/h4-5H,1-3H3/t8-/m0/s1. The second kappa shape index (κ2) is 2.21. The molecule has 2 rings (SSSR count). The average molecular weight is 262 g/mol. The molecule has 2 heterocycles. The third-order valence-corrected chi connectivity index (χ3v) is 5.06. The number of fused-ring (bicyclic) bond motifs is 1. The number of halogens is 1. The molecule has 3 heteroatoms. The van der Waals surface area contributed by atoms with Crippen LogP contribution in [0, 0.1) is 5.92 Å². The third kappa shape index (κ3) is 1.19. The molecule has 0 fully saturated rings. The number of aliphatic imine (C=N–C) groups is 2. The highest BCUT2D eigenvalue weighted by Crippen LogP contribution is 2.45. The van der Waals surface area contributed by atoms with Gasteiger partial charge in [0.1, 0.15) is 5.84 Å². The molecule has 60 valence electrons. The smallest absolute Gasteiger partial charge is 0.131 e. The van der Waals surface area contributed by atoms with Crippen LogP contribution in [-0.2, 0) is 0 Å². The normalized spacial score (nSPS) is 33.8. The van der Waals surface area contributed by atoms with Crippen molar-refractivity contribution in [3.8, 4) is 0 Å². The van der Waals surface area contributed by atoms with Gasteiger partial charge in [-0.05, 0) is 6.92 Å². The molecule has 11 heavy (non-hydrogen) atoms. The molecule has 2 nitrogen and oxygen atoms in total. The van der Waals surface area contributed by atoms with Crippen LogP contribution in [0.4, 0.5) is 0 Å². The van der Waals surface area contributed by atoms with E-state index in [1.807, 2.05) is 0 Å². The highest BCUT2D eigenvalue weighted by Gasteiger charge is 2.42. The lowest BCUT2D eigenvalue weighted by Crippen LogP contribution is -2.21. The second-order valence-corrected chi connectivity index (χ2v) is 7.15. The molecule has 0 aromatic heterocycles. The molecule has 0 aromatic rings. The minimum Gasteiger partial charge on any atom is -0.244 e. The Morgan fingerprint density at radius 1 is 1.55 bits per heavy atom. The fourth-order valence-corrected chi connectivity index (χ4v) is 2.80. The molecule has 0 aromatic carbocycles. The molecule has 0 saturated carbocycles. The van der Waals surface area contributed by atoms with Crippen LogP contribution in [0.25, 0.3) is 0 Å². The zero-order valence-electron chi connectivity index (χ0n) is 6.93. The van der Waals surface area contributed by atoms with Crippen LogP contribution in [0.5, 0.6) is 0 Å². The van der Waals surface area contributed by atoms with Crippen molar-refractivity contribution in [2.45, 2.75) is 24.2 Å². The zero-order chi connectivity index (χ0) is 8.06. The van der Waals surface area contributed by atoms with Crippen molar-refractivity contribution >= 4 is 36.4 Å². The second-order valence-electron chi connectivity index (χ2n) is 3.34. The van der Waals surface area contributed by atoms with Crippen molar-refractivity contribution in [3.05, 3.63) is 0 Å². The first-order chi connectivity index (χ1) is 5.12. The summed E-state index contributed by atoms with van der Waals surface area (Å²) in [6.07, 6.45) is 2.10. The first kappa shape index (κ1) is 7.58. The minimum atomic E-state index is 0.214. The van der Waals surface area contributed by atoms with E-state index in [-0.39, 0.29) is 20.7 Å². The summed E-state index contributed by atoms with van der Waals surface area (Å²) in [6, 6.07) is 0. The fraction of sp³-hybridized carbons (Fsp3) is 0.625. The molecule has 0 unspecified atom stereocenters. The molecule has 2 aliphatic rings. The minimum absolute atomic E-state index is 0.214. The quantitative estimate of drug-likeness (QED) is 0.510. The monoisotopic (exact) mass is 262 g/mol. The zero-order valence-corrected chi connectivity index (χ0v) is 9.08. The van der Waals surface area contributed by atoms with Gasteiger partial charge >= 0.3 is 0 Å². The van der Waals surface area contributed by atoms with Gasteiger partial charge in [-0.15, -0.1) is 0 Å². The van der Waals surface area contributed by atoms with E-state index in [0.29, 0.717) is 9.34 Å². The van der Waals surface area contributed by atoms with Crippen LogP contribution in [-0.4, -0.2) is 19.1 Å². The van der Waals surface area contributed by atoms with E-state index in [2.05, 4.69) is 37.0 Å². The van der Waals surface area contributed by atoms with Crippen LogP contribution in [0.2, 0.25) is 0 Å². The Balaban J connectivity index is 2.24. The van der Waals surface area contributed by atoms with Crippen molar-refractivity contribution < 1.29 is 0 Å². The van der Waals surface area contributed by atoms with Gasteiger partial charge in [0.15, 0.2) is 0 Å². The summed E-state index contributed by atoms with van der Waals surface area (Å²) in [5.41, 5.74) is 0. The van der Waals surface area contributed by atoms with Crippen molar-refractivity contribution in [3.63, 3.8) is 0 Å². The van der Waals surface area contributed by atoms with Crippen molar-refractivity contribution in [1.82, 2.24) is 0 Å². The summed E-state index contributed by atoms with van der Waals surface area (Å²) >= 11 is 0.214. The van der Waals surface area contributed by atoms with E-state index in [1.165, 1.54) is 3.63 Å². The summed E-state index contributed by atoms with van der Waals surface area (Å²) in [7, 11) is 0. The third-order valence-electron chi connectivity index (χ3n) is 1.82. The van der Waals surface area contributed by atoms with Gasteiger partial charge in [0.2, 0.25) is 0 Å². The number of amidine groups is 1.